The van der Waals surface area contributed by atoms with E-state index in [1.807, 2.05) is 46.9 Å². The average molecular weight is 425 g/mol. The van der Waals surface area contributed by atoms with Gasteiger partial charge in [-0.15, -0.1) is 11.3 Å². The van der Waals surface area contributed by atoms with E-state index in [1.165, 1.54) is 16.9 Å². The van der Waals surface area contributed by atoms with Gasteiger partial charge in [0.25, 0.3) is 0 Å². The topological polar surface area (TPSA) is 72.3 Å². The van der Waals surface area contributed by atoms with E-state index < -0.39 is 17.7 Å². The Morgan fingerprint density at radius 3 is 2.63 bits per heavy atom. The Balaban J connectivity index is 2.11. The molecule has 0 saturated carbocycles. The van der Waals surface area contributed by atoms with Crippen molar-refractivity contribution < 1.29 is 14.6 Å². The van der Waals surface area contributed by atoms with Gasteiger partial charge in [-0.05, 0) is 77.5 Å². The molecule has 0 saturated heterocycles. The van der Waals surface area contributed by atoms with Crippen LogP contribution < -0.4 is 0 Å². The minimum Gasteiger partial charge on any atom is -0.479 e. The third kappa shape index (κ3) is 3.74. The van der Waals surface area contributed by atoms with Gasteiger partial charge in [0.1, 0.15) is 4.83 Å². The quantitative estimate of drug-likeness (QED) is 0.573. The summed E-state index contributed by atoms with van der Waals surface area (Å²) in [5, 5.41) is 11.2. The zero-order chi connectivity index (χ0) is 21.6. The van der Waals surface area contributed by atoms with Gasteiger partial charge in [-0.3, -0.25) is 4.98 Å². The molecule has 3 heterocycles. The molecule has 5 nitrogen and oxygen atoms in total. The van der Waals surface area contributed by atoms with E-state index >= 15 is 0 Å². The molecule has 1 aliphatic carbocycles. The van der Waals surface area contributed by atoms with Gasteiger partial charge in [0.15, 0.2) is 6.10 Å². The highest BCUT2D eigenvalue weighted by molar-refractivity contribution is 7.19. The Kier molecular flexibility index (Phi) is 5.41. The van der Waals surface area contributed by atoms with Crippen molar-refractivity contribution in [2.75, 3.05) is 0 Å². The second-order valence-corrected chi connectivity index (χ2v) is 10.1. The Hall–Kier alpha value is -2.31. The highest BCUT2D eigenvalue weighted by Gasteiger charge is 2.34. The molecule has 0 amide bonds. The molecule has 3 aromatic rings. The normalized spacial score (nSPS) is 15.2. The van der Waals surface area contributed by atoms with Gasteiger partial charge in [0.2, 0.25) is 0 Å². The number of aryl methyl sites for hydroxylation is 4. The number of carboxylic acids is 1. The number of ether oxygens (including phenoxy) is 1. The molecule has 0 radical (unpaired) electrons. The van der Waals surface area contributed by atoms with Gasteiger partial charge in [-0.1, -0.05) is 0 Å². The number of aromatic nitrogens is 2. The monoisotopic (exact) mass is 424 g/mol. The smallest absolute Gasteiger partial charge is 0.337 e. The molecule has 3 aromatic heterocycles. The largest absolute Gasteiger partial charge is 0.479 e. The number of fused-ring (bicyclic) bond motifs is 3. The summed E-state index contributed by atoms with van der Waals surface area (Å²) in [6.45, 7) is 9.58. The summed E-state index contributed by atoms with van der Waals surface area (Å²) in [6.07, 6.45) is 6.92. The predicted molar refractivity (Wildman–Crippen MR) is 120 cm³/mol. The molecular weight excluding hydrogens is 396 g/mol. The SMILES string of the molecule is Cc1ccncc1-c1c(C(OC(C)(C)C)C(=O)O)c(C)nc2sc3c(c12)CCCC3. The van der Waals surface area contributed by atoms with Gasteiger partial charge >= 0.3 is 5.97 Å². The summed E-state index contributed by atoms with van der Waals surface area (Å²) in [6, 6.07) is 1.97. The van der Waals surface area contributed by atoms with Crippen molar-refractivity contribution in [3.05, 3.63) is 45.7 Å². The minimum atomic E-state index is -1.10. The first-order valence-electron chi connectivity index (χ1n) is 10.4. The van der Waals surface area contributed by atoms with Gasteiger partial charge in [-0.2, -0.15) is 0 Å². The molecule has 0 bridgehead atoms. The fourth-order valence-corrected chi connectivity index (χ4v) is 5.65. The van der Waals surface area contributed by atoms with E-state index in [0.29, 0.717) is 11.3 Å². The molecule has 1 N–H and O–H groups in total. The molecule has 0 fully saturated rings. The molecule has 6 heteroatoms. The third-order valence-electron chi connectivity index (χ3n) is 5.60. The van der Waals surface area contributed by atoms with E-state index in [-0.39, 0.29) is 0 Å². The lowest BCUT2D eigenvalue weighted by Gasteiger charge is -2.28. The predicted octanol–water partition coefficient (Wildman–Crippen LogP) is 5.79. The summed E-state index contributed by atoms with van der Waals surface area (Å²) >= 11 is 1.75. The molecule has 158 valence electrons. The molecule has 0 spiro atoms. The lowest BCUT2D eigenvalue weighted by atomic mass is 9.87. The Bertz CT molecular complexity index is 1130. The van der Waals surface area contributed by atoms with Crippen molar-refractivity contribution in [3.63, 3.8) is 0 Å². The number of thiophene rings is 1. The molecule has 1 atom stereocenters. The minimum absolute atomic E-state index is 0.611. The van der Waals surface area contributed by atoms with Gasteiger partial charge in [-0.25, -0.2) is 9.78 Å². The van der Waals surface area contributed by atoms with Crippen molar-refractivity contribution in [2.45, 2.75) is 72.0 Å². The van der Waals surface area contributed by atoms with Gasteiger partial charge in [0.05, 0.1) is 5.60 Å². The maximum absolute atomic E-state index is 12.4. The Morgan fingerprint density at radius 2 is 1.97 bits per heavy atom. The first-order chi connectivity index (χ1) is 14.2. The van der Waals surface area contributed by atoms with E-state index in [0.717, 1.165) is 46.2 Å². The number of carboxylic acid groups (broad SMARTS) is 1. The first kappa shape index (κ1) is 20.9. The van der Waals surface area contributed by atoms with E-state index in [4.69, 9.17) is 9.72 Å². The van der Waals surface area contributed by atoms with Crippen LogP contribution in [-0.4, -0.2) is 26.6 Å². The maximum atomic E-state index is 12.4. The maximum Gasteiger partial charge on any atom is 0.337 e. The third-order valence-corrected chi connectivity index (χ3v) is 6.78. The number of aliphatic carboxylic acids is 1. The van der Waals surface area contributed by atoms with Gasteiger partial charge in [0, 0.05) is 45.0 Å². The van der Waals surface area contributed by atoms with Crippen LogP contribution in [-0.2, 0) is 22.4 Å². The van der Waals surface area contributed by atoms with E-state index in [1.54, 1.807) is 17.5 Å². The van der Waals surface area contributed by atoms with Crippen LogP contribution in [0.3, 0.4) is 0 Å². The Morgan fingerprint density at radius 1 is 1.23 bits per heavy atom. The second kappa shape index (κ2) is 7.75. The number of nitrogens with zero attached hydrogens (tertiary/aromatic N) is 2. The fraction of sp³-hybridized carbons (Fsp3) is 0.458. The van der Waals surface area contributed by atoms with E-state index in [2.05, 4.69) is 4.98 Å². The van der Waals surface area contributed by atoms with Gasteiger partial charge < -0.3 is 9.84 Å². The summed E-state index contributed by atoms with van der Waals surface area (Å²) in [5.41, 5.74) is 5.02. The molecule has 1 aliphatic rings. The van der Waals surface area contributed by atoms with Crippen molar-refractivity contribution in [1.29, 1.82) is 0 Å². The highest BCUT2D eigenvalue weighted by atomic mass is 32.1. The van der Waals surface area contributed by atoms with Crippen LogP contribution in [0.5, 0.6) is 0 Å². The molecular formula is C24H28N2O3S. The van der Waals surface area contributed by atoms with Crippen molar-refractivity contribution >= 4 is 27.5 Å². The van der Waals surface area contributed by atoms with Crippen molar-refractivity contribution in [3.8, 4) is 11.1 Å². The lowest BCUT2D eigenvalue weighted by Crippen LogP contribution is -2.28. The van der Waals surface area contributed by atoms with Crippen LogP contribution in [0.25, 0.3) is 21.3 Å². The summed E-state index contributed by atoms with van der Waals surface area (Å²) < 4.78 is 6.08. The number of pyridine rings is 2. The number of carbonyl (C=O) groups is 1. The first-order valence-corrected chi connectivity index (χ1v) is 11.3. The summed E-state index contributed by atoms with van der Waals surface area (Å²) in [4.78, 5) is 24.0. The van der Waals surface area contributed by atoms with Crippen molar-refractivity contribution in [1.82, 2.24) is 9.97 Å². The zero-order valence-electron chi connectivity index (χ0n) is 18.2. The molecule has 0 aliphatic heterocycles. The Labute approximate surface area is 181 Å². The van der Waals surface area contributed by atoms with Crippen LogP contribution in [0.2, 0.25) is 0 Å². The van der Waals surface area contributed by atoms with Crippen LogP contribution in [0.15, 0.2) is 18.5 Å². The number of hydrogen-bond donors (Lipinski definition) is 1. The molecule has 30 heavy (non-hydrogen) atoms. The zero-order valence-corrected chi connectivity index (χ0v) is 19.0. The number of rotatable bonds is 4. The highest BCUT2D eigenvalue weighted by Crippen LogP contribution is 2.46. The summed E-state index contributed by atoms with van der Waals surface area (Å²) in [7, 11) is 0. The van der Waals surface area contributed by atoms with Crippen LogP contribution in [0.4, 0.5) is 0 Å². The van der Waals surface area contributed by atoms with Crippen LogP contribution >= 0.6 is 11.3 Å². The van der Waals surface area contributed by atoms with Crippen LogP contribution in [0, 0.1) is 13.8 Å². The second-order valence-electron chi connectivity index (χ2n) is 9.02. The molecule has 4 rings (SSSR count). The van der Waals surface area contributed by atoms with Crippen molar-refractivity contribution in [2.24, 2.45) is 0 Å². The van der Waals surface area contributed by atoms with Crippen LogP contribution in [0.1, 0.15) is 67.0 Å². The summed E-state index contributed by atoms with van der Waals surface area (Å²) in [5.74, 6) is -0.999. The molecule has 0 aromatic carbocycles. The molecule has 1 unspecified atom stereocenters. The standard InChI is InChI=1S/C24H28N2O3S/c1-13-10-11-25-12-16(13)19-18(21(23(27)28)29-24(3,4)5)14(2)26-22-20(19)15-8-6-7-9-17(15)30-22/h10-12,21H,6-9H2,1-5H3,(H,27,28). The fourth-order valence-electron chi connectivity index (χ4n) is 4.33. The number of hydrogen-bond acceptors (Lipinski definition) is 5. The van der Waals surface area contributed by atoms with E-state index in [9.17, 15) is 9.90 Å². The lowest BCUT2D eigenvalue weighted by molar-refractivity contribution is -0.160. The average Bonchev–Trinajstić information content (AvgIpc) is 3.03.